The van der Waals surface area contributed by atoms with E-state index in [1.807, 2.05) is 19.0 Å². The van der Waals surface area contributed by atoms with Crippen LogP contribution in [-0.4, -0.2) is 39.9 Å². The topological polar surface area (TPSA) is 58.4 Å². The summed E-state index contributed by atoms with van der Waals surface area (Å²) in [6.07, 6.45) is 0. The average Bonchev–Trinajstić information content (AvgIpc) is 2.74. The monoisotopic (exact) mass is 277 g/mol. The number of carbonyl (C=O) groups is 1. The van der Waals surface area contributed by atoms with Crippen LogP contribution in [0.2, 0.25) is 0 Å². The van der Waals surface area contributed by atoms with Gasteiger partial charge in [-0.3, -0.25) is 4.68 Å². The van der Waals surface area contributed by atoms with Crippen molar-refractivity contribution in [1.82, 2.24) is 14.7 Å². The van der Waals surface area contributed by atoms with Gasteiger partial charge >= 0.3 is 5.97 Å². The van der Waals surface area contributed by atoms with Crippen LogP contribution >= 0.6 is 0 Å². The van der Waals surface area contributed by atoms with E-state index in [9.17, 15) is 9.18 Å². The maximum Gasteiger partial charge on any atom is 0.356 e. The number of aromatic nitrogens is 2. The van der Waals surface area contributed by atoms with E-state index in [4.69, 9.17) is 5.11 Å². The van der Waals surface area contributed by atoms with Crippen molar-refractivity contribution in [3.63, 3.8) is 0 Å². The average molecular weight is 277 g/mol. The van der Waals surface area contributed by atoms with Crippen LogP contribution in [0.25, 0.3) is 11.3 Å². The van der Waals surface area contributed by atoms with Crippen molar-refractivity contribution < 1.29 is 14.3 Å². The standard InChI is InChI=1S/C14H16FN3O2/c1-17(2)8-10-5-4-9(6-11(10)15)13-7-12(14(19)20)16-18(13)3/h4-7H,8H2,1-3H3,(H,19,20). The van der Waals surface area contributed by atoms with E-state index in [0.29, 0.717) is 23.4 Å². The highest BCUT2D eigenvalue weighted by atomic mass is 19.1. The second-order valence-corrected chi connectivity index (χ2v) is 4.89. The van der Waals surface area contributed by atoms with Crippen LogP contribution in [-0.2, 0) is 13.6 Å². The zero-order chi connectivity index (χ0) is 14.9. The van der Waals surface area contributed by atoms with Crippen LogP contribution in [0.15, 0.2) is 24.3 Å². The molecular formula is C14H16FN3O2. The molecule has 0 aliphatic heterocycles. The third-order valence-corrected chi connectivity index (χ3v) is 2.93. The summed E-state index contributed by atoms with van der Waals surface area (Å²) in [7, 11) is 5.37. The number of rotatable bonds is 4. The van der Waals surface area contributed by atoms with Crippen LogP contribution < -0.4 is 0 Å². The summed E-state index contributed by atoms with van der Waals surface area (Å²) in [6.45, 7) is 0.512. The lowest BCUT2D eigenvalue weighted by molar-refractivity contribution is 0.0689. The molecule has 0 atom stereocenters. The Morgan fingerprint density at radius 3 is 2.60 bits per heavy atom. The summed E-state index contributed by atoms with van der Waals surface area (Å²) in [5.74, 6) is -1.41. The lowest BCUT2D eigenvalue weighted by atomic mass is 10.1. The quantitative estimate of drug-likeness (QED) is 0.928. The van der Waals surface area contributed by atoms with E-state index in [2.05, 4.69) is 5.10 Å². The molecule has 0 amide bonds. The number of hydrogen-bond donors (Lipinski definition) is 1. The Hall–Kier alpha value is -2.21. The Bertz CT molecular complexity index is 650. The lowest BCUT2D eigenvalue weighted by Crippen LogP contribution is -2.11. The highest BCUT2D eigenvalue weighted by Crippen LogP contribution is 2.23. The van der Waals surface area contributed by atoms with Crippen molar-refractivity contribution >= 4 is 5.97 Å². The van der Waals surface area contributed by atoms with E-state index in [0.717, 1.165) is 0 Å². The van der Waals surface area contributed by atoms with Gasteiger partial charge in [0, 0.05) is 24.7 Å². The molecule has 1 heterocycles. The number of hydrogen-bond acceptors (Lipinski definition) is 3. The minimum atomic E-state index is -1.10. The van der Waals surface area contributed by atoms with Crippen molar-refractivity contribution in [2.45, 2.75) is 6.54 Å². The summed E-state index contributed by atoms with van der Waals surface area (Å²) >= 11 is 0. The number of benzene rings is 1. The SMILES string of the molecule is CN(C)Cc1ccc(-c2cc(C(=O)O)nn2C)cc1F. The summed E-state index contributed by atoms with van der Waals surface area (Å²) in [4.78, 5) is 12.8. The van der Waals surface area contributed by atoms with E-state index < -0.39 is 5.97 Å². The minimum absolute atomic E-state index is 0.0553. The third-order valence-electron chi connectivity index (χ3n) is 2.93. The molecule has 0 saturated carbocycles. The molecule has 2 aromatic rings. The fourth-order valence-corrected chi connectivity index (χ4v) is 2.02. The van der Waals surface area contributed by atoms with Crippen molar-refractivity contribution in [2.24, 2.45) is 7.05 Å². The molecule has 0 aliphatic carbocycles. The maximum atomic E-state index is 14.0. The van der Waals surface area contributed by atoms with Crippen LogP contribution in [0, 0.1) is 5.82 Å². The Morgan fingerprint density at radius 2 is 2.10 bits per heavy atom. The molecule has 0 spiro atoms. The molecule has 0 aliphatic rings. The van der Waals surface area contributed by atoms with Gasteiger partial charge in [0.2, 0.25) is 0 Å². The summed E-state index contributed by atoms with van der Waals surface area (Å²) in [5, 5.41) is 12.8. The number of aromatic carboxylic acids is 1. The first-order valence-corrected chi connectivity index (χ1v) is 6.09. The first-order chi connectivity index (χ1) is 9.38. The Labute approximate surface area is 116 Å². The van der Waals surface area contributed by atoms with E-state index >= 15 is 0 Å². The van der Waals surface area contributed by atoms with Gasteiger partial charge in [-0.05, 0) is 26.2 Å². The molecule has 1 N–H and O–H groups in total. The van der Waals surface area contributed by atoms with Gasteiger partial charge in [-0.15, -0.1) is 0 Å². The number of carboxylic acid groups (broad SMARTS) is 1. The van der Waals surface area contributed by atoms with Crippen molar-refractivity contribution in [2.75, 3.05) is 14.1 Å². The summed E-state index contributed by atoms with van der Waals surface area (Å²) in [6, 6.07) is 6.31. The minimum Gasteiger partial charge on any atom is -0.476 e. The largest absolute Gasteiger partial charge is 0.476 e. The molecule has 20 heavy (non-hydrogen) atoms. The Morgan fingerprint density at radius 1 is 1.40 bits per heavy atom. The summed E-state index contributed by atoms with van der Waals surface area (Å²) < 4.78 is 15.5. The highest BCUT2D eigenvalue weighted by molar-refractivity contribution is 5.87. The Kier molecular flexibility index (Phi) is 3.85. The zero-order valence-electron chi connectivity index (χ0n) is 11.6. The molecular weight excluding hydrogens is 261 g/mol. The fourth-order valence-electron chi connectivity index (χ4n) is 2.02. The molecule has 0 radical (unpaired) electrons. The molecule has 0 unspecified atom stereocenters. The molecule has 6 heteroatoms. The number of carboxylic acids is 1. The van der Waals surface area contributed by atoms with Gasteiger partial charge in [0.15, 0.2) is 5.69 Å². The molecule has 106 valence electrons. The van der Waals surface area contributed by atoms with Gasteiger partial charge in [0.05, 0.1) is 5.69 Å². The van der Waals surface area contributed by atoms with Gasteiger partial charge in [0.25, 0.3) is 0 Å². The second kappa shape index (κ2) is 5.42. The Balaban J connectivity index is 2.39. The third kappa shape index (κ3) is 2.85. The molecule has 5 nitrogen and oxygen atoms in total. The van der Waals surface area contributed by atoms with Gasteiger partial charge < -0.3 is 10.0 Å². The van der Waals surface area contributed by atoms with Crippen LogP contribution in [0.1, 0.15) is 16.1 Å². The lowest BCUT2D eigenvalue weighted by Gasteiger charge is -2.11. The predicted octanol–water partition coefficient (Wildman–Crippen LogP) is 1.99. The van der Waals surface area contributed by atoms with E-state index in [1.54, 1.807) is 19.2 Å². The molecule has 2 rings (SSSR count). The maximum absolute atomic E-state index is 14.0. The smallest absolute Gasteiger partial charge is 0.356 e. The van der Waals surface area contributed by atoms with E-state index in [-0.39, 0.29) is 11.5 Å². The molecule has 1 aromatic heterocycles. The van der Waals surface area contributed by atoms with Gasteiger partial charge in [-0.25, -0.2) is 9.18 Å². The summed E-state index contributed by atoms with van der Waals surface area (Å²) in [5.41, 5.74) is 1.71. The highest BCUT2D eigenvalue weighted by Gasteiger charge is 2.14. The molecule has 0 saturated heterocycles. The first-order valence-electron chi connectivity index (χ1n) is 6.09. The normalized spacial score (nSPS) is 11.1. The first kappa shape index (κ1) is 14.2. The number of halogens is 1. The molecule has 0 bridgehead atoms. The van der Waals surface area contributed by atoms with Gasteiger partial charge in [0.1, 0.15) is 5.82 Å². The second-order valence-electron chi connectivity index (χ2n) is 4.89. The van der Waals surface area contributed by atoms with Crippen molar-refractivity contribution in [3.05, 3.63) is 41.3 Å². The van der Waals surface area contributed by atoms with Crippen molar-refractivity contribution in [3.8, 4) is 11.3 Å². The fraction of sp³-hybridized carbons (Fsp3) is 0.286. The zero-order valence-corrected chi connectivity index (χ0v) is 11.6. The van der Waals surface area contributed by atoms with Gasteiger partial charge in [-0.1, -0.05) is 12.1 Å². The number of aryl methyl sites for hydroxylation is 1. The van der Waals surface area contributed by atoms with Crippen LogP contribution in [0.4, 0.5) is 4.39 Å². The molecule has 0 fully saturated rings. The number of nitrogens with zero attached hydrogens (tertiary/aromatic N) is 3. The van der Waals surface area contributed by atoms with Crippen molar-refractivity contribution in [1.29, 1.82) is 0 Å². The van der Waals surface area contributed by atoms with Crippen LogP contribution in [0.5, 0.6) is 0 Å². The van der Waals surface area contributed by atoms with Crippen LogP contribution in [0.3, 0.4) is 0 Å². The van der Waals surface area contributed by atoms with Gasteiger partial charge in [-0.2, -0.15) is 5.10 Å². The van der Waals surface area contributed by atoms with E-state index in [1.165, 1.54) is 16.8 Å². The predicted molar refractivity (Wildman–Crippen MR) is 73.0 cm³/mol. The molecule has 1 aromatic carbocycles.